The van der Waals surface area contributed by atoms with E-state index in [9.17, 15) is 18.0 Å². The van der Waals surface area contributed by atoms with Gasteiger partial charge in [0.15, 0.2) is 11.5 Å². The Morgan fingerprint density at radius 3 is 2.67 bits per heavy atom. The number of nitrogens with zero attached hydrogens (tertiary/aromatic N) is 4. The molecule has 0 fully saturated rings. The van der Waals surface area contributed by atoms with Gasteiger partial charge in [0, 0.05) is 10.2 Å². The molecule has 140 valence electrons. The van der Waals surface area contributed by atoms with Gasteiger partial charge >= 0.3 is 12.1 Å². The van der Waals surface area contributed by atoms with Crippen molar-refractivity contribution in [1.29, 1.82) is 0 Å². The van der Waals surface area contributed by atoms with Gasteiger partial charge in [-0.2, -0.15) is 18.3 Å². The summed E-state index contributed by atoms with van der Waals surface area (Å²) in [6.07, 6.45) is -3.56. The number of hydrogen-bond acceptors (Lipinski definition) is 5. The van der Waals surface area contributed by atoms with E-state index in [0.717, 1.165) is 12.3 Å². The van der Waals surface area contributed by atoms with E-state index in [1.165, 1.54) is 13.0 Å². The highest BCUT2D eigenvalue weighted by atomic mass is 79.9. The molecule has 0 radical (unpaired) electrons. The van der Waals surface area contributed by atoms with Crippen LogP contribution in [0.4, 0.5) is 13.2 Å². The van der Waals surface area contributed by atoms with E-state index in [4.69, 9.17) is 10.6 Å². The van der Waals surface area contributed by atoms with E-state index in [-0.39, 0.29) is 28.3 Å². The number of aryl methyl sites for hydroxylation is 1. The number of rotatable bonds is 3. The lowest BCUT2D eigenvalue weighted by Crippen LogP contribution is -2.17. The summed E-state index contributed by atoms with van der Waals surface area (Å²) in [4.78, 5) is 20.8. The SMILES string of the molecule is Cc1cc(C(F)(F)F)n2ncc(/C(N)=N\OC(=O)c3ccccc3Br)c2n1. The predicted molar refractivity (Wildman–Crippen MR) is 93.0 cm³/mol. The first-order chi connectivity index (χ1) is 12.7. The first-order valence-corrected chi connectivity index (χ1v) is 8.20. The van der Waals surface area contributed by atoms with Gasteiger partial charge in [-0.05, 0) is 41.1 Å². The number of nitrogens with two attached hydrogens (primary N) is 1. The Morgan fingerprint density at radius 1 is 1.30 bits per heavy atom. The van der Waals surface area contributed by atoms with Crippen LogP contribution in [0.2, 0.25) is 0 Å². The maximum atomic E-state index is 13.2. The Balaban J connectivity index is 1.95. The number of halogens is 4. The molecule has 0 spiro atoms. The number of oxime groups is 1. The zero-order chi connectivity index (χ0) is 19.8. The number of benzene rings is 1. The fourth-order valence-electron chi connectivity index (χ4n) is 2.28. The quantitative estimate of drug-likeness (QED) is 0.291. The van der Waals surface area contributed by atoms with Crippen LogP contribution in [-0.2, 0) is 11.0 Å². The molecule has 0 saturated heterocycles. The Hall–Kier alpha value is -2.95. The second-order valence-corrected chi connectivity index (χ2v) is 6.26. The highest BCUT2D eigenvalue weighted by molar-refractivity contribution is 9.10. The van der Waals surface area contributed by atoms with Gasteiger partial charge in [-0.25, -0.2) is 14.3 Å². The first kappa shape index (κ1) is 18.8. The molecule has 0 aliphatic rings. The summed E-state index contributed by atoms with van der Waals surface area (Å²) in [5.74, 6) is -1.13. The van der Waals surface area contributed by atoms with Crippen molar-refractivity contribution in [1.82, 2.24) is 14.6 Å². The Labute approximate surface area is 158 Å². The van der Waals surface area contributed by atoms with Crippen LogP contribution in [0, 0.1) is 6.92 Å². The second-order valence-electron chi connectivity index (χ2n) is 5.41. The predicted octanol–water partition coefficient (Wildman–Crippen LogP) is 3.30. The monoisotopic (exact) mass is 441 g/mol. The zero-order valence-corrected chi connectivity index (χ0v) is 15.2. The Morgan fingerprint density at radius 2 is 2.00 bits per heavy atom. The number of aromatic nitrogens is 3. The molecule has 3 aromatic rings. The lowest BCUT2D eigenvalue weighted by Gasteiger charge is -2.09. The molecule has 3 rings (SSSR count). The van der Waals surface area contributed by atoms with E-state index >= 15 is 0 Å². The molecule has 27 heavy (non-hydrogen) atoms. The first-order valence-electron chi connectivity index (χ1n) is 7.41. The maximum absolute atomic E-state index is 13.2. The van der Waals surface area contributed by atoms with Gasteiger partial charge in [0.25, 0.3) is 0 Å². The van der Waals surface area contributed by atoms with Crippen molar-refractivity contribution < 1.29 is 22.8 Å². The molecular formula is C16H11BrF3N5O2. The van der Waals surface area contributed by atoms with E-state index in [0.29, 0.717) is 8.99 Å². The van der Waals surface area contributed by atoms with Gasteiger partial charge in [0.1, 0.15) is 5.69 Å². The average molecular weight is 442 g/mol. The minimum atomic E-state index is -4.63. The number of carbonyl (C=O) groups is 1. The number of fused-ring (bicyclic) bond motifs is 1. The smallest absolute Gasteiger partial charge is 0.380 e. The molecule has 0 unspecified atom stereocenters. The van der Waals surface area contributed by atoms with Crippen molar-refractivity contribution in [2.45, 2.75) is 13.1 Å². The summed E-state index contributed by atoms with van der Waals surface area (Å²) in [6.45, 7) is 1.41. The molecule has 0 amide bonds. The lowest BCUT2D eigenvalue weighted by molar-refractivity contribution is -0.142. The van der Waals surface area contributed by atoms with Crippen molar-refractivity contribution in [3.63, 3.8) is 0 Å². The van der Waals surface area contributed by atoms with Crippen molar-refractivity contribution in [3.8, 4) is 0 Å². The molecule has 0 saturated carbocycles. The maximum Gasteiger partial charge on any atom is 0.433 e. The minimum absolute atomic E-state index is 0.00382. The molecular weight excluding hydrogens is 431 g/mol. The summed E-state index contributed by atoms with van der Waals surface area (Å²) in [5.41, 5.74) is 4.94. The van der Waals surface area contributed by atoms with Gasteiger partial charge in [-0.15, -0.1) is 0 Å². The van der Waals surface area contributed by atoms with Gasteiger partial charge in [-0.1, -0.05) is 17.3 Å². The lowest BCUT2D eigenvalue weighted by atomic mass is 10.2. The van der Waals surface area contributed by atoms with E-state index in [2.05, 4.69) is 31.2 Å². The fourth-order valence-corrected chi connectivity index (χ4v) is 2.73. The molecule has 2 heterocycles. The van der Waals surface area contributed by atoms with Gasteiger partial charge in [-0.3, -0.25) is 0 Å². The van der Waals surface area contributed by atoms with Crippen LogP contribution in [-0.4, -0.2) is 26.4 Å². The van der Waals surface area contributed by atoms with Crippen molar-refractivity contribution in [2.24, 2.45) is 10.9 Å². The van der Waals surface area contributed by atoms with Crippen LogP contribution < -0.4 is 5.73 Å². The number of hydrogen-bond donors (Lipinski definition) is 1. The van der Waals surface area contributed by atoms with E-state index in [1.807, 2.05) is 0 Å². The highest BCUT2D eigenvalue weighted by Crippen LogP contribution is 2.30. The summed E-state index contributed by atoms with van der Waals surface area (Å²) in [5, 5.41) is 7.18. The van der Waals surface area contributed by atoms with Crippen LogP contribution >= 0.6 is 15.9 Å². The second kappa shape index (κ2) is 6.99. The molecule has 2 N–H and O–H groups in total. The van der Waals surface area contributed by atoms with Crippen LogP contribution in [0.15, 0.2) is 46.2 Å². The molecule has 7 nitrogen and oxygen atoms in total. The molecule has 1 aromatic carbocycles. The molecule has 0 aliphatic carbocycles. The van der Waals surface area contributed by atoms with Gasteiger partial charge in [0.2, 0.25) is 0 Å². The van der Waals surface area contributed by atoms with E-state index < -0.39 is 17.8 Å². The highest BCUT2D eigenvalue weighted by Gasteiger charge is 2.35. The van der Waals surface area contributed by atoms with Crippen molar-refractivity contribution in [2.75, 3.05) is 0 Å². The number of carbonyl (C=O) groups excluding carboxylic acids is 1. The molecule has 2 aromatic heterocycles. The largest absolute Gasteiger partial charge is 0.433 e. The molecule has 0 aliphatic heterocycles. The average Bonchev–Trinajstić information content (AvgIpc) is 3.01. The Bertz CT molecular complexity index is 1060. The molecule has 11 heteroatoms. The Kier molecular flexibility index (Phi) is 4.87. The van der Waals surface area contributed by atoms with Crippen LogP contribution in [0.3, 0.4) is 0 Å². The zero-order valence-electron chi connectivity index (χ0n) is 13.7. The third-order valence-electron chi connectivity index (χ3n) is 3.49. The van der Waals surface area contributed by atoms with Crippen molar-refractivity contribution in [3.05, 3.63) is 63.5 Å². The van der Waals surface area contributed by atoms with Gasteiger partial charge in [0.05, 0.1) is 17.3 Å². The summed E-state index contributed by atoms with van der Waals surface area (Å²) >= 11 is 3.20. The summed E-state index contributed by atoms with van der Waals surface area (Å²) in [6, 6.07) is 7.35. The summed E-state index contributed by atoms with van der Waals surface area (Å²) < 4.78 is 40.6. The van der Waals surface area contributed by atoms with Crippen LogP contribution in [0.1, 0.15) is 27.3 Å². The normalized spacial score (nSPS) is 12.4. The molecule has 0 bridgehead atoms. The molecule has 0 atom stereocenters. The van der Waals surface area contributed by atoms with Crippen LogP contribution in [0.25, 0.3) is 5.65 Å². The topological polar surface area (TPSA) is 94.9 Å². The third kappa shape index (κ3) is 3.77. The van der Waals surface area contributed by atoms with Crippen molar-refractivity contribution >= 4 is 33.4 Å². The standard InChI is InChI=1S/C16H11BrF3N5O2/c1-8-6-12(16(18,19)20)25-14(23-8)10(7-22-25)13(21)24-27-15(26)9-4-2-3-5-11(9)17/h2-7H,1H3,(H2,21,24). The van der Waals surface area contributed by atoms with Gasteiger partial charge < -0.3 is 10.6 Å². The number of amidine groups is 1. The number of alkyl halides is 3. The van der Waals surface area contributed by atoms with E-state index in [1.54, 1.807) is 18.2 Å². The third-order valence-corrected chi connectivity index (χ3v) is 4.18. The van der Waals surface area contributed by atoms with Crippen LogP contribution in [0.5, 0.6) is 0 Å². The minimum Gasteiger partial charge on any atom is -0.380 e. The summed E-state index contributed by atoms with van der Waals surface area (Å²) in [7, 11) is 0. The fraction of sp³-hybridized carbons (Fsp3) is 0.125.